The lowest BCUT2D eigenvalue weighted by Crippen LogP contribution is -2.40. The molecule has 2 aliphatic heterocycles. The maximum absolute atomic E-state index is 12.5. The Kier molecular flexibility index (Phi) is 7.35. The van der Waals surface area contributed by atoms with Crippen LogP contribution in [0.15, 0.2) is 24.3 Å². The minimum atomic E-state index is -3.16. The van der Waals surface area contributed by atoms with E-state index in [1.807, 2.05) is 12.1 Å². The van der Waals surface area contributed by atoms with E-state index in [-0.39, 0.29) is 11.8 Å². The molecule has 0 radical (unpaired) electrons. The zero-order valence-electron chi connectivity index (χ0n) is 17.9. The molecule has 0 bridgehead atoms. The van der Waals surface area contributed by atoms with Crippen molar-refractivity contribution in [3.05, 3.63) is 29.8 Å². The Morgan fingerprint density at radius 2 is 1.76 bits per heavy atom. The first-order valence-electron chi connectivity index (χ1n) is 10.8. The lowest BCUT2D eigenvalue weighted by atomic mass is 9.83. The van der Waals surface area contributed by atoms with Crippen LogP contribution in [0.1, 0.15) is 38.2 Å². The fourth-order valence-electron chi connectivity index (χ4n) is 4.63. The van der Waals surface area contributed by atoms with Gasteiger partial charge < -0.3 is 10.2 Å². The standard InChI is InChI=1S/C22H35N3O3S/c1-17-16-24(2)13-10-19(17)7-4-18-5-8-21(9-6-18)23-22(26)20-11-14-25(15-12-20)29(3,27)28/h5-6,8-9,17,19-20H,4,7,10-16H2,1-3H3,(H,23,26)/t17-,19-/m1/s1. The van der Waals surface area contributed by atoms with Crippen molar-refractivity contribution in [2.75, 3.05) is 44.8 Å². The molecule has 6 nitrogen and oxygen atoms in total. The van der Waals surface area contributed by atoms with Crippen LogP contribution in [0.2, 0.25) is 0 Å². The summed E-state index contributed by atoms with van der Waals surface area (Å²) in [5, 5.41) is 3.00. The number of benzene rings is 1. The third-order valence-electron chi connectivity index (χ3n) is 6.61. The Morgan fingerprint density at radius 3 is 2.34 bits per heavy atom. The summed E-state index contributed by atoms with van der Waals surface area (Å²) in [6.07, 6.45) is 5.96. The second-order valence-corrected chi connectivity index (χ2v) is 10.9. The predicted molar refractivity (Wildman–Crippen MR) is 117 cm³/mol. The van der Waals surface area contributed by atoms with E-state index in [4.69, 9.17) is 0 Å². The Hall–Kier alpha value is -1.44. The van der Waals surface area contributed by atoms with Gasteiger partial charge in [-0.1, -0.05) is 19.1 Å². The third kappa shape index (κ3) is 6.27. The van der Waals surface area contributed by atoms with Crippen molar-refractivity contribution in [2.24, 2.45) is 17.8 Å². The highest BCUT2D eigenvalue weighted by atomic mass is 32.2. The lowest BCUT2D eigenvalue weighted by molar-refractivity contribution is -0.120. The van der Waals surface area contributed by atoms with Gasteiger partial charge in [-0.3, -0.25) is 4.79 Å². The molecule has 162 valence electrons. The summed E-state index contributed by atoms with van der Waals surface area (Å²) in [4.78, 5) is 14.9. The minimum Gasteiger partial charge on any atom is -0.326 e. The Labute approximate surface area is 175 Å². The molecular weight excluding hydrogens is 386 g/mol. The van der Waals surface area contributed by atoms with Crippen molar-refractivity contribution in [1.82, 2.24) is 9.21 Å². The molecule has 1 N–H and O–H groups in total. The van der Waals surface area contributed by atoms with E-state index in [9.17, 15) is 13.2 Å². The molecule has 0 spiro atoms. The molecule has 2 aliphatic rings. The van der Waals surface area contributed by atoms with Crippen molar-refractivity contribution < 1.29 is 13.2 Å². The molecule has 3 rings (SSSR count). The highest BCUT2D eigenvalue weighted by Gasteiger charge is 2.29. The molecule has 1 amide bonds. The fraction of sp³-hybridized carbons (Fsp3) is 0.682. The summed E-state index contributed by atoms with van der Waals surface area (Å²) in [5.41, 5.74) is 2.13. The normalized spacial score (nSPS) is 25.1. The summed E-state index contributed by atoms with van der Waals surface area (Å²) in [7, 11) is -0.956. The van der Waals surface area contributed by atoms with E-state index < -0.39 is 10.0 Å². The number of likely N-dealkylation sites (tertiary alicyclic amines) is 1. The van der Waals surface area contributed by atoms with Crippen LogP contribution in [-0.4, -0.2) is 63.0 Å². The summed E-state index contributed by atoms with van der Waals surface area (Å²) >= 11 is 0. The molecule has 2 atom stereocenters. The van der Waals surface area contributed by atoms with Crippen molar-refractivity contribution in [1.29, 1.82) is 0 Å². The topological polar surface area (TPSA) is 69.7 Å². The number of nitrogens with one attached hydrogen (secondary N) is 1. The summed E-state index contributed by atoms with van der Waals surface area (Å²) < 4.78 is 24.6. The molecule has 1 aromatic carbocycles. The SMILES string of the molecule is C[C@@H]1CN(C)CC[C@H]1CCc1ccc(NC(=O)C2CCN(S(C)(=O)=O)CC2)cc1. The number of anilines is 1. The largest absolute Gasteiger partial charge is 0.326 e. The molecule has 7 heteroatoms. The molecular formula is C22H35N3O3S. The van der Waals surface area contributed by atoms with Crippen LogP contribution in [0.4, 0.5) is 5.69 Å². The smallest absolute Gasteiger partial charge is 0.227 e. The van der Waals surface area contributed by atoms with Gasteiger partial charge in [0.15, 0.2) is 0 Å². The Bertz CT molecular complexity index is 786. The van der Waals surface area contributed by atoms with Gasteiger partial charge in [0.25, 0.3) is 0 Å². The molecule has 0 aliphatic carbocycles. The van der Waals surface area contributed by atoms with Gasteiger partial charge in [-0.25, -0.2) is 12.7 Å². The van der Waals surface area contributed by atoms with Crippen LogP contribution >= 0.6 is 0 Å². The second-order valence-electron chi connectivity index (χ2n) is 8.95. The van der Waals surface area contributed by atoms with Crippen LogP contribution in [0.3, 0.4) is 0 Å². The Morgan fingerprint density at radius 1 is 1.10 bits per heavy atom. The van der Waals surface area contributed by atoms with Gasteiger partial charge in [0.05, 0.1) is 6.26 Å². The molecule has 29 heavy (non-hydrogen) atoms. The Balaban J connectivity index is 1.45. The minimum absolute atomic E-state index is 0.00829. The first-order chi connectivity index (χ1) is 13.7. The zero-order valence-corrected chi connectivity index (χ0v) is 18.7. The van der Waals surface area contributed by atoms with Gasteiger partial charge in [-0.15, -0.1) is 0 Å². The van der Waals surface area contributed by atoms with E-state index in [1.165, 1.54) is 42.1 Å². The van der Waals surface area contributed by atoms with E-state index in [1.54, 1.807) is 0 Å². The molecule has 0 aromatic heterocycles. The molecule has 1 aromatic rings. The maximum atomic E-state index is 12.5. The average Bonchev–Trinajstić information content (AvgIpc) is 2.68. The van der Waals surface area contributed by atoms with Crippen molar-refractivity contribution in [3.8, 4) is 0 Å². The number of carbonyl (C=O) groups excluding carboxylic acids is 1. The number of carbonyl (C=O) groups is 1. The van der Waals surface area contributed by atoms with E-state index in [2.05, 4.69) is 36.3 Å². The van der Waals surface area contributed by atoms with Gasteiger partial charge in [-0.05, 0) is 75.2 Å². The van der Waals surface area contributed by atoms with Crippen molar-refractivity contribution in [3.63, 3.8) is 0 Å². The number of hydrogen-bond acceptors (Lipinski definition) is 4. The molecule has 0 saturated carbocycles. The van der Waals surface area contributed by atoms with E-state index >= 15 is 0 Å². The van der Waals surface area contributed by atoms with Crippen LogP contribution in [0.5, 0.6) is 0 Å². The summed E-state index contributed by atoms with van der Waals surface area (Å²) in [5.74, 6) is 1.41. The van der Waals surface area contributed by atoms with Crippen LogP contribution < -0.4 is 5.32 Å². The van der Waals surface area contributed by atoms with Crippen LogP contribution in [-0.2, 0) is 21.2 Å². The number of amides is 1. The molecule has 0 unspecified atom stereocenters. The average molecular weight is 422 g/mol. The van der Waals surface area contributed by atoms with E-state index in [0.717, 1.165) is 23.9 Å². The number of nitrogens with zero attached hydrogens (tertiary/aromatic N) is 2. The monoisotopic (exact) mass is 421 g/mol. The molecule has 2 heterocycles. The highest BCUT2D eigenvalue weighted by molar-refractivity contribution is 7.88. The van der Waals surface area contributed by atoms with Gasteiger partial charge in [0.2, 0.25) is 15.9 Å². The summed E-state index contributed by atoms with van der Waals surface area (Å²) in [6, 6.07) is 8.19. The van der Waals surface area contributed by atoms with Gasteiger partial charge in [0, 0.05) is 31.2 Å². The third-order valence-corrected chi connectivity index (χ3v) is 7.91. The molecule has 2 saturated heterocycles. The van der Waals surface area contributed by atoms with Crippen LogP contribution in [0, 0.1) is 17.8 Å². The van der Waals surface area contributed by atoms with Gasteiger partial charge in [-0.2, -0.15) is 0 Å². The van der Waals surface area contributed by atoms with Gasteiger partial charge in [0.1, 0.15) is 0 Å². The lowest BCUT2D eigenvalue weighted by Gasteiger charge is -2.34. The zero-order chi connectivity index (χ0) is 21.0. The van der Waals surface area contributed by atoms with Crippen molar-refractivity contribution >= 4 is 21.6 Å². The first kappa shape index (κ1) is 22.2. The predicted octanol–water partition coefficient (Wildman–Crippen LogP) is 2.82. The van der Waals surface area contributed by atoms with Crippen LogP contribution in [0.25, 0.3) is 0 Å². The second kappa shape index (κ2) is 9.58. The number of sulfonamides is 1. The number of piperidine rings is 2. The summed E-state index contributed by atoms with van der Waals surface area (Å²) in [6.45, 7) is 5.59. The fourth-order valence-corrected chi connectivity index (χ4v) is 5.51. The van der Waals surface area contributed by atoms with Gasteiger partial charge >= 0.3 is 0 Å². The number of rotatable bonds is 6. The number of aryl methyl sites for hydroxylation is 1. The first-order valence-corrected chi connectivity index (χ1v) is 12.6. The van der Waals surface area contributed by atoms with Crippen molar-refractivity contribution in [2.45, 2.75) is 39.0 Å². The highest BCUT2D eigenvalue weighted by Crippen LogP contribution is 2.27. The molecule has 2 fully saturated rings. The number of hydrogen-bond donors (Lipinski definition) is 1. The van der Waals surface area contributed by atoms with E-state index in [0.29, 0.717) is 25.9 Å². The quantitative estimate of drug-likeness (QED) is 0.767. The maximum Gasteiger partial charge on any atom is 0.227 e.